The molecule has 0 aliphatic heterocycles. The third-order valence-electron chi connectivity index (χ3n) is 1.59. The van der Waals surface area contributed by atoms with E-state index in [1.54, 1.807) is 19.9 Å². The highest BCUT2D eigenvalue weighted by molar-refractivity contribution is 6.01. The number of carboxylic acid groups (broad SMARTS) is 1. The van der Waals surface area contributed by atoms with Gasteiger partial charge in [0.15, 0.2) is 0 Å². The molecule has 84 valence electrons. The fourth-order valence-electron chi connectivity index (χ4n) is 1.08. The highest BCUT2D eigenvalue weighted by atomic mass is 16.4. The Hall–Kier alpha value is -2.24. The van der Waals surface area contributed by atoms with E-state index in [-0.39, 0.29) is 5.95 Å². The minimum Gasteiger partial charge on any atom is -0.478 e. The van der Waals surface area contributed by atoms with E-state index in [4.69, 9.17) is 5.11 Å². The van der Waals surface area contributed by atoms with E-state index in [0.29, 0.717) is 0 Å². The third kappa shape index (κ3) is 3.87. The summed E-state index contributed by atoms with van der Waals surface area (Å²) in [7, 11) is 0. The van der Waals surface area contributed by atoms with E-state index in [0.717, 1.165) is 23.5 Å². The first-order valence-electron chi connectivity index (χ1n) is 4.51. The summed E-state index contributed by atoms with van der Waals surface area (Å²) in [5.41, 5.74) is 1.45. The van der Waals surface area contributed by atoms with Crippen LogP contribution in [0.4, 0.5) is 5.95 Å². The quantitative estimate of drug-likeness (QED) is 0.732. The SMILES string of the molecule is Cc1cc(C)nc(NC(=O)/C=C\C(=O)O)n1. The van der Waals surface area contributed by atoms with Crippen LogP contribution in [0.15, 0.2) is 18.2 Å². The maximum Gasteiger partial charge on any atom is 0.328 e. The second-order valence-corrected chi connectivity index (χ2v) is 3.14. The molecule has 0 saturated heterocycles. The van der Waals surface area contributed by atoms with Gasteiger partial charge in [-0.3, -0.25) is 10.1 Å². The summed E-state index contributed by atoms with van der Waals surface area (Å²) in [5.74, 6) is -1.60. The Balaban J connectivity index is 2.73. The van der Waals surface area contributed by atoms with Crippen LogP contribution < -0.4 is 5.32 Å². The molecular formula is C10H11N3O3. The molecule has 1 amide bonds. The van der Waals surface area contributed by atoms with Gasteiger partial charge in [0.1, 0.15) is 0 Å². The smallest absolute Gasteiger partial charge is 0.328 e. The van der Waals surface area contributed by atoms with Crippen LogP contribution in [0, 0.1) is 13.8 Å². The molecule has 1 heterocycles. The van der Waals surface area contributed by atoms with Gasteiger partial charge in [0.25, 0.3) is 5.91 Å². The summed E-state index contributed by atoms with van der Waals surface area (Å²) >= 11 is 0. The average Bonchev–Trinajstić information content (AvgIpc) is 2.12. The van der Waals surface area contributed by atoms with Gasteiger partial charge < -0.3 is 5.11 Å². The van der Waals surface area contributed by atoms with Gasteiger partial charge in [0.2, 0.25) is 5.95 Å². The van der Waals surface area contributed by atoms with Gasteiger partial charge in [0.05, 0.1) is 0 Å². The molecule has 1 rings (SSSR count). The number of amides is 1. The molecule has 1 aromatic rings. The Labute approximate surface area is 92.0 Å². The lowest BCUT2D eigenvalue weighted by atomic mass is 10.3. The molecule has 1 aromatic heterocycles. The molecule has 6 nitrogen and oxygen atoms in total. The lowest BCUT2D eigenvalue weighted by Gasteiger charge is -2.02. The van der Waals surface area contributed by atoms with Crippen molar-refractivity contribution < 1.29 is 14.7 Å². The van der Waals surface area contributed by atoms with Crippen LogP contribution in [0.2, 0.25) is 0 Å². The number of hydrogen-bond donors (Lipinski definition) is 2. The second-order valence-electron chi connectivity index (χ2n) is 3.14. The predicted octanol–water partition coefficient (Wildman–Crippen LogP) is 0.673. The molecule has 0 fully saturated rings. The topological polar surface area (TPSA) is 92.2 Å². The first-order chi connectivity index (χ1) is 7.47. The second kappa shape index (κ2) is 5.01. The Morgan fingerprint density at radius 1 is 1.25 bits per heavy atom. The number of rotatable bonds is 3. The van der Waals surface area contributed by atoms with Crippen molar-refractivity contribution in [3.8, 4) is 0 Å². The Kier molecular flexibility index (Phi) is 3.71. The Morgan fingerprint density at radius 2 is 1.81 bits per heavy atom. The van der Waals surface area contributed by atoms with Gasteiger partial charge in [-0.15, -0.1) is 0 Å². The molecule has 0 radical (unpaired) electrons. The normalized spacial score (nSPS) is 10.4. The first kappa shape index (κ1) is 11.8. The maximum atomic E-state index is 11.2. The molecule has 0 aromatic carbocycles. The highest BCUT2D eigenvalue weighted by Gasteiger charge is 2.02. The van der Waals surface area contributed by atoms with Crippen LogP contribution in [-0.2, 0) is 9.59 Å². The van der Waals surface area contributed by atoms with Gasteiger partial charge in [-0.2, -0.15) is 0 Å². The summed E-state index contributed by atoms with van der Waals surface area (Å²) < 4.78 is 0. The molecule has 0 spiro atoms. The molecule has 0 unspecified atom stereocenters. The number of hydrogen-bond acceptors (Lipinski definition) is 4. The first-order valence-corrected chi connectivity index (χ1v) is 4.51. The molecular weight excluding hydrogens is 210 g/mol. The van der Waals surface area contributed by atoms with Crippen molar-refractivity contribution in [2.24, 2.45) is 0 Å². The number of aromatic nitrogens is 2. The van der Waals surface area contributed by atoms with Gasteiger partial charge in [-0.05, 0) is 19.9 Å². The van der Waals surface area contributed by atoms with Crippen molar-refractivity contribution in [2.75, 3.05) is 5.32 Å². The van der Waals surface area contributed by atoms with Crippen molar-refractivity contribution >= 4 is 17.8 Å². The third-order valence-corrected chi connectivity index (χ3v) is 1.59. The van der Waals surface area contributed by atoms with Crippen molar-refractivity contribution in [2.45, 2.75) is 13.8 Å². The summed E-state index contributed by atoms with van der Waals surface area (Å²) in [4.78, 5) is 29.3. The molecule has 0 aliphatic rings. The highest BCUT2D eigenvalue weighted by Crippen LogP contribution is 2.03. The fourth-order valence-corrected chi connectivity index (χ4v) is 1.08. The zero-order chi connectivity index (χ0) is 12.1. The van der Waals surface area contributed by atoms with Gasteiger partial charge in [-0.1, -0.05) is 0 Å². The van der Waals surface area contributed by atoms with Gasteiger partial charge >= 0.3 is 5.97 Å². The van der Waals surface area contributed by atoms with Gasteiger partial charge in [0, 0.05) is 23.5 Å². The number of carboxylic acids is 1. The van der Waals surface area contributed by atoms with E-state index in [1.807, 2.05) is 0 Å². The number of anilines is 1. The monoisotopic (exact) mass is 221 g/mol. The molecule has 0 atom stereocenters. The van der Waals surface area contributed by atoms with Crippen molar-refractivity contribution in [1.82, 2.24) is 9.97 Å². The van der Waals surface area contributed by atoms with E-state index in [2.05, 4.69) is 15.3 Å². The van der Waals surface area contributed by atoms with Crippen LogP contribution >= 0.6 is 0 Å². The Bertz CT molecular complexity index is 434. The van der Waals surface area contributed by atoms with Crippen LogP contribution in [0.1, 0.15) is 11.4 Å². The van der Waals surface area contributed by atoms with Crippen LogP contribution in [-0.4, -0.2) is 27.0 Å². The molecule has 0 aliphatic carbocycles. The standard InChI is InChI=1S/C10H11N3O3/c1-6-5-7(2)12-10(11-6)13-8(14)3-4-9(15)16/h3-5H,1-2H3,(H,15,16)(H,11,12,13,14)/b4-3-. The Morgan fingerprint density at radius 3 is 2.31 bits per heavy atom. The predicted molar refractivity (Wildman–Crippen MR) is 56.9 cm³/mol. The summed E-state index contributed by atoms with van der Waals surface area (Å²) in [6.07, 6.45) is 1.65. The lowest BCUT2D eigenvalue weighted by Crippen LogP contribution is -2.12. The number of aryl methyl sites for hydroxylation is 2. The fraction of sp³-hybridized carbons (Fsp3) is 0.200. The molecule has 2 N–H and O–H groups in total. The van der Waals surface area contributed by atoms with E-state index in [1.165, 1.54) is 0 Å². The van der Waals surface area contributed by atoms with Gasteiger partial charge in [-0.25, -0.2) is 14.8 Å². The van der Waals surface area contributed by atoms with Crippen LogP contribution in [0.5, 0.6) is 0 Å². The number of nitrogens with one attached hydrogen (secondary N) is 1. The van der Waals surface area contributed by atoms with Crippen LogP contribution in [0.25, 0.3) is 0 Å². The van der Waals surface area contributed by atoms with Crippen molar-refractivity contribution in [3.05, 3.63) is 29.6 Å². The number of aliphatic carboxylic acids is 1. The van der Waals surface area contributed by atoms with E-state index in [9.17, 15) is 9.59 Å². The van der Waals surface area contributed by atoms with Crippen LogP contribution in [0.3, 0.4) is 0 Å². The zero-order valence-corrected chi connectivity index (χ0v) is 8.89. The summed E-state index contributed by atoms with van der Waals surface area (Å²) in [6.45, 7) is 3.55. The molecule has 6 heteroatoms. The van der Waals surface area contributed by atoms with E-state index < -0.39 is 11.9 Å². The van der Waals surface area contributed by atoms with E-state index >= 15 is 0 Å². The molecule has 0 saturated carbocycles. The summed E-state index contributed by atoms with van der Waals surface area (Å²) in [5, 5.41) is 10.7. The molecule has 16 heavy (non-hydrogen) atoms. The summed E-state index contributed by atoms with van der Waals surface area (Å²) in [6, 6.07) is 1.77. The lowest BCUT2D eigenvalue weighted by molar-refractivity contribution is -0.131. The number of carbonyl (C=O) groups excluding carboxylic acids is 1. The molecule has 0 bridgehead atoms. The average molecular weight is 221 g/mol. The maximum absolute atomic E-state index is 11.2. The largest absolute Gasteiger partial charge is 0.478 e. The number of nitrogens with zero attached hydrogens (tertiary/aromatic N) is 2. The van der Waals surface area contributed by atoms with Crippen molar-refractivity contribution in [1.29, 1.82) is 0 Å². The minimum atomic E-state index is -1.18. The minimum absolute atomic E-state index is 0.164. The van der Waals surface area contributed by atoms with Crippen molar-refractivity contribution in [3.63, 3.8) is 0 Å². The number of carbonyl (C=O) groups is 2. The zero-order valence-electron chi connectivity index (χ0n) is 8.89.